The summed E-state index contributed by atoms with van der Waals surface area (Å²) < 4.78 is 15.0. The average molecular weight is 375 g/mol. The first-order valence-corrected chi connectivity index (χ1v) is 8.66. The fourth-order valence-corrected chi connectivity index (χ4v) is 3.38. The summed E-state index contributed by atoms with van der Waals surface area (Å²) in [5, 5.41) is 0. The number of rotatable bonds is 6. The Kier molecular flexibility index (Phi) is 6.98. The molecule has 0 spiro atoms. The van der Waals surface area contributed by atoms with Gasteiger partial charge in [-0.3, -0.25) is 9.69 Å². The molecule has 0 saturated carbocycles. The van der Waals surface area contributed by atoms with Gasteiger partial charge >= 0.3 is 18.0 Å². The van der Waals surface area contributed by atoms with E-state index < -0.39 is 30.0 Å². The van der Waals surface area contributed by atoms with Gasteiger partial charge in [0.15, 0.2) is 0 Å². The highest BCUT2D eigenvalue weighted by molar-refractivity contribution is 5.84. The lowest BCUT2D eigenvalue weighted by atomic mass is 9.84. The molecular formula is C20H25NO6. The molecule has 3 atom stereocenters. The van der Waals surface area contributed by atoms with Gasteiger partial charge in [0.1, 0.15) is 12.6 Å². The summed E-state index contributed by atoms with van der Waals surface area (Å²) in [4.78, 5) is 38.2. The van der Waals surface area contributed by atoms with Crippen molar-refractivity contribution >= 4 is 18.0 Å². The van der Waals surface area contributed by atoms with Gasteiger partial charge in [0.25, 0.3) is 0 Å². The van der Waals surface area contributed by atoms with Crippen molar-refractivity contribution < 1.29 is 28.6 Å². The fraction of sp³-hybridized carbons (Fsp3) is 0.450. The number of amides is 1. The molecule has 7 nitrogen and oxygen atoms in total. The molecule has 27 heavy (non-hydrogen) atoms. The first-order valence-electron chi connectivity index (χ1n) is 8.66. The van der Waals surface area contributed by atoms with Gasteiger partial charge in [-0.15, -0.1) is 0 Å². The van der Waals surface area contributed by atoms with E-state index in [0.717, 1.165) is 11.1 Å². The summed E-state index contributed by atoms with van der Waals surface area (Å²) in [7, 11) is 2.53. The summed E-state index contributed by atoms with van der Waals surface area (Å²) in [6, 6.07) is 8.31. The Morgan fingerprint density at radius 3 is 2.37 bits per heavy atom. The van der Waals surface area contributed by atoms with Crippen LogP contribution in [0.1, 0.15) is 18.9 Å². The summed E-state index contributed by atoms with van der Waals surface area (Å²) in [5.41, 5.74) is 1.61. The normalized spacial score (nSPS) is 21.4. The maximum absolute atomic E-state index is 12.7. The molecule has 1 aromatic rings. The zero-order chi connectivity index (χ0) is 20.0. The van der Waals surface area contributed by atoms with Crippen molar-refractivity contribution in [2.24, 2.45) is 11.8 Å². The summed E-state index contributed by atoms with van der Waals surface area (Å²) >= 11 is 0. The van der Waals surface area contributed by atoms with Crippen molar-refractivity contribution in [1.82, 2.24) is 4.90 Å². The second-order valence-electron chi connectivity index (χ2n) is 6.56. The van der Waals surface area contributed by atoms with Crippen LogP contribution < -0.4 is 0 Å². The van der Waals surface area contributed by atoms with Crippen molar-refractivity contribution in [3.8, 4) is 0 Å². The van der Waals surface area contributed by atoms with Crippen LogP contribution in [0.3, 0.4) is 0 Å². The minimum atomic E-state index is -0.931. The van der Waals surface area contributed by atoms with Crippen LogP contribution in [0.15, 0.2) is 42.5 Å². The first-order chi connectivity index (χ1) is 12.9. The zero-order valence-electron chi connectivity index (χ0n) is 15.8. The SMILES string of the molecule is C=C(C)[C@H]1CN(C(=O)OCc2ccccc2)[C@H](C(=O)OC)[C@H]1CC(=O)OC. The number of carbonyl (C=O) groups is 3. The zero-order valence-corrected chi connectivity index (χ0v) is 15.8. The average Bonchev–Trinajstić information content (AvgIpc) is 3.05. The van der Waals surface area contributed by atoms with Gasteiger partial charge in [-0.05, 0) is 12.5 Å². The van der Waals surface area contributed by atoms with E-state index in [1.54, 1.807) is 0 Å². The maximum atomic E-state index is 12.7. The summed E-state index contributed by atoms with van der Waals surface area (Å²) in [6.07, 6.45) is -0.649. The van der Waals surface area contributed by atoms with Gasteiger partial charge in [-0.25, -0.2) is 9.59 Å². The lowest BCUT2D eigenvalue weighted by molar-refractivity contribution is -0.148. The molecule has 1 amide bonds. The van der Waals surface area contributed by atoms with Crippen LogP contribution >= 0.6 is 0 Å². The number of hydrogen-bond acceptors (Lipinski definition) is 6. The van der Waals surface area contributed by atoms with E-state index in [1.165, 1.54) is 19.1 Å². The third kappa shape index (κ3) is 4.87. The molecule has 1 aliphatic rings. The molecule has 0 bridgehead atoms. The minimum Gasteiger partial charge on any atom is -0.469 e. The number of esters is 2. The molecule has 0 aliphatic carbocycles. The molecule has 1 fully saturated rings. The molecule has 1 saturated heterocycles. The third-order valence-electron chi connectivity index (χ3n) is 4.80. The van der Waals surface area contributed by atoms with Crippen molar-refractivity contribution in [2.75, 3.05) is 20.8 Å². The predicted octanol–water partition coefficient (Wildman–Crippen LogP) is 2.55. The van der Waals surface area contributed by atoms with Crippen molar-refractivity contribution in [3.63, 3.8) is 0 Å². The lowest BCUT2D eigenvalue weighted by Crippen LogP contribution is -2.44. The van der Waals surface area contributed by atoms with Crippen LogP contribution in [0.5, 0.6) is 0 Å². The Morgan fingerprint density at radius 1 is 1.15 bits per heavy atom. The highest BCUT2D eigenvalue weighted by atomic mass is 16.6. The predicted molar refractivity (Wildman–Crippen MR) is 97.6 cm³/mol. The van der Waals surface area contributed by atoms with E-state index in [-0.39, 0.29) is 25.5 Å². The Hall–Kier alpha value is -2.83. The van der Waals surface area contributed by atoms with Crippen LogP contribution in [0.25, 0.3) is 0 Å². The minimum absolute atomic E-state index is 0.0176. The number of likely N-dealkylation sites (tertiary alicyclic amines) is 1. The van der Waals surface area contributed by atoms with Gasteiger partial charge < -0.3 is 14.2 Å². The summed E-state index contributed by atoms with van der Waals surface area (Å²) in [5.74, 6) is -1.77. The van der Waals surface area contributed by atoms with Gasteiger partial charge in [-0.1, -0.05) is 42.5 Å². The highest BCUT2D eigenvalue weighted by Gasteiger charge is 2.50. The molecule has 146 valence electrons. The number of ether oxygens (including phenoxy) is 3. The maximum Gasteiger partial charge on any atom is 0.410 e. The Bertz CT molecular complexity index is 702. The molecule has 0 aromatic heterocycles. The van der Waals surface area contributed by atoms with E-state index in [0.29, 0.717) is 0 Å². The van der Waals surface area contributed by atoms with Gasteiger partial charge in [0.05, 0.1) is 20.6 Å². The number of hydrogen-bond donors (Lipinski definition) is 0. The van der Waals surface area contributed by atoms with Gasteiger partial charge in [-0.2, -0.15) is 0 Å². The van der Waals surface area contributed by atoms with E-state index >= 15 is 0 Å². The number of nitrogens with zero attached hydrogens (tertiary/aromatic N) is 1. The van der Waals surface area contributed by atoms with E-state index in [2.05, 4.69) is 6.58 Å². The highest BCUT2D eigenvalue weighted by Crippen LogP contribution is 2.37. The Labute approximate surface area is 158 Å². The second-order valence-corrected chi connectivity index (χ2v) is 6.56. The van der Waals surface area contributed by atoms with Crippen LogP contribution in [-0.2, 0) is 30.4 Å². The number of carbonyl (C=O) groups excluding carboxylic acids is 3. The second kappa shape index (κ2) is 9.21. The lowest BCUT2D eigenvalue weighted by Gasteiger charge is -2.25. The molecule has 0 unspecified atom stereocenters. The van der Waals surface area contributed by atoms with Gasteiger partial charge in [0.2, 0.25) is 0 Å². The number of methoxy groups -OCH3 is 2. The molecule has 1 aromatic carbocycles. The van der Waals surface area contributed by atoms with Crippen molar-refractivity contribution in [3.05, 3.63) is 48.0 Å². The monoisotopic (exact) mass is 375 g/mol. The molecule has 0 radical (unpaired) electrons. The van der Waals surface area contributed by atoms with Crippen molar-refractivity contribution in [1.29, 1.82) is 0 Å². The Balaban J connectivity index is 2.21. The van der Waals surface area contributed by atoms with Crippen molar-refractivity contribution in [2.45, 2.75) is 26.0 Å². The quantitative estimate of drug-likeness (QED) is 0.432. The van der Waals surface area contributed by atoms with Crippen LogP contribution in [0.2, 0.25) is 0 Å². The van der Waals surface area contributed by atoms with Gasteiger partial charge in [0, 0.05) is 18.4 Å². The fourth-order valence-electron chi connectivity index (χ4n) is 3.38. The molecular weight excluding hydrogens is 350 g/mol. The smallest absolute Gasteiger partial charge is 0.410 e. The van der Waals surface area contributed by atoms with Crippen LogP contribution in [-0.4, -0.2) is 49.7 Å². The van der Waals surface area contributed by atoms with E-state index in [9.17, 15) is 14.4 Å². The largest absolute Gasteiger partial charge is 0.469 e. The molecule has 1 aliphatic heterocycles. The standard InChI is InChI=1S/C20H25NO6/c1-13(2)16-11-21(20(24)27-12-14-8-6-5-7-9-14)18(19(23)26-4)15(16)10-17(22)25-3/h5-9,15-16,18H,1,10-12H2,2-4H3/t15-,16+,18-/m0/s1. The number of benzene rings is 1. The van der Waals surface area contributed by atoms with E-state index in [4.69, 9.17) is 14.2 Å². The molecule has 0 N–H and O–H groups in total. The molecule has 2 rings (SSSR count). The molecule has 1 heterocycles. The molecule has 7 heteroatoms. The van der Waals surface area contributed by atoms with Crippen LogP contribution in [0, 0.1) is 11.8 Å². The Morgan fingerprint density at radius 2 is 1.81 bits per heavy atom. The van der Waals surface area contributed by atoms with E-state index in [1.807, 2.05) is 37.3 Å². The topological polar surface area (TPSA) is 82.1 Å². The summed E-state index contributed by atoms with van der Waals surface area (Å²) in [6.45, 7) is 6.07. The third-order valence-corrected chi connectivity index (χ3v) is 4.80. The first kappa shape index (κ1) is 20.5. The van der Waals surface area contributed by atoms with Crippen LogP contribution in [0.4, 0.5) is 4.79 Å².